The van der Waals surface area contributed by atoms with Crippen molar-refractivity contribution in [2.24, 2.45) is 0 Å². The zero-order valence-corrected chi connectivity index (χ0v) is 8.42. The van der Waals surface area contributed by atoms with Gasteiger partial charge in [0, 0.05) is 24.5 Å². The molecule has 0 N–H and O–H groups in total. The van der Waals surface area contributed by atoms with Gasteiger partial charge in [-0.2, -0.15) is 5.10 Å². The van der Waals surface area contributed by atoms with Crippen LogP contribution in [0.25, 0.3) is 11.3 Å². The number of pyridine rings is 1. The van der Waals surface area contributed by atoms with Crippen LogP contribution in [0.5, 0.6) is 0 Å². The highest BCUT2D eigenvalue weighted by molar-refractivity contribution is 5.75. The molecule has 0 fully saturated rings. The second kappa shape index (κ2) is 4.04. The summed E-state index contributed by atoms with van der Waals surface area (Å²) in [4.78, 5) is 14.7. The fourth-order valence-electron chi connectivity index (χ4n) is 1.44. The van der Waals surface area contributed by atoms with Gasteiger partial charge in [-0.15, -0.1) is 0 Å². The third-order valence-corrected chi connectivity index (χ3v) is 2.21. The lowest BCUT2D eigenvalue weighted by Gasteiger charge is -1.96. The molecule has 0 spiro atoms. The molecule has 0 aliphatic rings. The first-order chi connectivity index (χ1) is 7.35. The molecule has 0 atom stereocenters. The van der Waals surface area contributed by atoms with Crippen molar-refractivity contribution in [3.63, 3.8) is 0 Å². The van der Waals surface area contributed by atoms with E-state index in [1.165, 1.54) is 0 Å². The van der Waals surface area contributed by atoms with Gasteiger partial charge in [0.2, 0.25) is 0 Å². The molecule has 0 bridgehead atoms. The summed E-state index contributed by atoms with van der Waals surface area (Å²) >= 11 is 0. The molecule has 0 aliphatic carbocycles. The van der Waals surface area contributed by atoms with Crippen LogP contribution in [0, 0.1) is 0 Å². The van der Waals surface area contributed by atoms with Gasteiger partial charge in [0.15, 0.2) is 6.29 Å². The monoisotopic (exact) mass is 201 g/mol. The SMILES string of the molecule is CCn1nc(-c2ccncc2)cc1C=O. The Kier molecular flexibility index (Phi) is 2.58. The number of hydrogen-bond acceptors (Lipinski definition) is 3. The van der Waals surface area contributed by atoms with E-state index in [4.69, 9.17) is 0 Å². The molecule has 2 aromatic heterocycles. The Morgan fingerprint density at radius 3 is 2.67 bits per heavy atom. The maximum atomic E-state index is 10.8. The molecule has 4 nitrogen and oxygen atoms in total. The summed E-state index contributed by atoms with van der Waals surface area (Å²) in [5.41, 5.74) is 2.38. The van der Waals surface area contributed by atoms with Gasteiger partial charge in [-0.05, 0) is 25.1 Å². The maximum absolute atomic E-state index is 10.8. The molecule has 0 saturated heterocycles. The molecule has 4 heteroatoms. The van der Waals surface area contributed by atoms with E-state index < -0.39 is 0 Å². The van der Waals surface area contributed by atoms with Crippen molar-refractivity contribution in [3.8, 4) is 11.3 Å². The van der Waals surface area contributed by atoms with Crippen molar-refractivity contribution in [2.75, 3.05) is 0 Å². The molecule has 0 radical (unpaired) electrons. The number of aldehydes is 1. The Labute approximate surface area is 87.6 Å². The lowest BCUT2D eigenvalue weighted by atomic mass is 10.2. The molecule has 2 aromatic rings. The second-order valence-electron chi connectivity index (χ2n) is 3.12. The van der Waals surface area contributed by atoms with Crippen LogP contribution in [0.4, 0.5) is 0 Å². The molecule has 0 saturated carbocycles. The van der Waals surface area contributed by atoms with Crippen molar-refractivity contribution in [3.05, 3.63) is 36.3 Å². The van der Waals surface area contributed by atoms with Gasteiger partial charge >= 0.3 is 0 Å². The van der Waals surface area contributed by atoms with E-state index in [2.05, 4.69) is 10.1 Å². The first kappa shape index (κ1) is 9.58. The first-order valence-corrected chi connectivity index (χ1v) is 4.78. The average Bonchev–Trinajstić information content (AvgIpc) is 2.73. The molecular weight excluding hydrogens is 190 g/mol. The van der Waals surface area contributed by atoms with Crippen LogP contribution in [0.3, 0.4) is 0 Å². The minimum Gasteiger partial charge on any atom is -0.296 e. The number of rotatable bonds is 3. The van der Waals surface area contributed by atoms with Gasteiger partial charge in [0.1, 0.15) is 5.69 Å². The minimum atomic E-state index is 0.601. The summed E-state index contributed by atoms with van der Waals surface area (Å²) < 4.78 is 1.68. The molecule has 2 rings (SSSR count). The molecule has 15 heavy (non-hydrogen) atoms. The van der Waals surface area contributed by atoms with Crippen LogP contribution in [0.1, 0.15) is 17.4 Å². The number of carbonyl (C=O) groups is 1. The first-order valence-electron chi connectivity index (χ1n) is 4.78. The van der Waals surface area contributed by atoms with Crippen LogP contribution in [-0.2, 0) is 6.54 Å². The smallest absolute Gasteiger partial charge is 0.168 e. The summed E-state index contributed by atoms with van der Waals surface area (Å²) in [5, 5.41) is 4.33. The third-order valence-electron chi connectivity index (χ3n) is 2.21. The number of aromatic nitrogens is 3. The lowest BCUT2D eigenvalue weighted by molar-refractivity contribution is 0.111. The summed E-state index contributed by atoms with van der Waals surface area (Å²) in [6, 6.07) is 5.53. The number of hydrogen-bond donors (Lipinski definition) is 0. The van der Waals surface area contributed by atoms with Crippen molar-refractivity contribution in [2.45, 2.75) is 13.5 Å². The summed E-state index contributed by atoms with van der Waals surface area (Å²) in [7, 11) is 0. The standard InChI is InChI=1S/C11H11N3O/c1-2-14-10(8-15)7-11(13-14)9-3-5-12-6-4-9/h3-8H,2H2,1H3. The van der Waals surface area contributed by atoms with Crippen molar-refractivity contribution < 1.29 is 4.79 Å². The number of nitrogens with zero attached hydrogens (tertiary/aromatic N) is 3. The maximum Gasteiger partial charge on any atom is 0.168 e. The molecule has 0 aromatic carbocycles. The van der Waals surface area contributed by atoms with Crippen molar-refractivity contribution >= 4 is 6.29 Å². The second-order valence-corrected chi connectivity index (χ2v) is 3.12. The van der Waals surface area contributed by atoms with Gasteiger partial charge in [-0.3, -0.25) is 14.5 Å². The van der Waals surface area contributed by atoms with Crippen LogP contribution < -0.4 is 0 Å². The van der Waals surface area contributed by atoms with Crippen LogP contribution in [0.2, 0.25) is 0 Å². The van der Waals surface area contributed by atoms with Gasteiger partial charge in [0.25, 0.3) is 0 Å². The van der Waals surface area contributed by atoms with Gasteiger partial charge < -0.3 is 0 Å². The average molecular weight is 201 g/mol. The quantitative estimate of drug-likeness (QED) is 0.711. The lowest BCUT2D eigenvalue weighted by Crippen LogP contribution is -2.00. The normalized spacial score (nSPS) is 10.2. The van der Waals surface area contributed by atoms with Crippen LogP contribution in [0.15, 0.2) is 30.6 Å². The van der Waals surface area contributed by atoms with Gasteiger partial charge in [0.05, 0.1) is 5.69 Å². The molecule has 76 valence electrons. The van der Waals surface area contributed by atoms with Crippen molar-refractivity contribution in [1.29, 1.82) is 0 Å². The Bertz CT molecular complexity index is 462. The largest absolute Gasteiger partial charge is 0.296 e. The van der Waals surface area contributed by atoms with E-state index in [0.29, 0.717) is 12.2 Å². The molecular formula is C11H11N3O. The summed E-state index contributed by atoms with van der Waals surface area (Å²) in [6.07, 6.45) is 4.24. The molecule has 0 unspecified atom stereocenters. The molecule has 2 heterocycles. The van der Waals surface area contributed by atoms with E-state index in [1.807, 2.05) is 19.1 Å². The highest BCUT2D eigenvalue weighted by Crippen LogP contribution is 2.17. The summed E-state index contributed by atoms with van der Waals surface area (Å²) in [6.45, 7) is 2.65. The fraction of sp³-hybridized carbons (Fsp3) is 0.182. The van der Waals surface area contributed by atoms with E-state index in [-0.39, 0.29) is 0 Å². The minimum absolute atomic E-state index is 0.601. The fourth-order valence-corrected chi connectivity index (χ4v) is 1.44. The number of aryl methyl sites for hydroxylation is 1. The third kappa shape index (κ3) is 1.79. The zero-order chi connectivity index (χ0) is 10.7. The zero-order valence-electron chi connectivity index (χ0n) is 8.42. The van der Waals surface area contributed by atoms with E-state index >= 15 is 0 Å². The van der Waals surface area contributed by atoms with Gasteiger partial charge in [-0.1, -0.05) is 0 Å². The van der Waals surface area contributed by atoms with E-state index in [1.54, 1.807) is 23.1 Å². The highest BCUT2D eigenvalue weighted by atomic mass is 16.1. The molecule has 0 amide bonds. The predicted molar refractivity (Wildman–Crippen MR) is 56.5 cm³/mol. The Morgan fingerprint density at radius 2 is 2.13 bits per heavy atom. The summed E-state index contributed by atoms with van der Waals surface area (Å²) in [5.74, 6) is 0. The Morgan fingerprint density at radius 1 is 1.40 bits per heavy atom. The highest BCUT2D eigenvalue weighted by Gasteiger charge is 2.06. The van der Waals surface area contributed by atoms with E-state index in [9.17, 15) is 4.79 Å². The van der Waals surface area contributed by atoms with Gasteiger partial charge in [-0.25, -0.2) is 0 Å². The molecule has 0 aliphatic heterocycles. The van der Waals surface area contributed by atoms with Crippen molar-refractivity contribution in [1.82, 2.24) is 14.8 Å². The Hall–Kier alpha value is -1.97. The topological polar surface area (TPSA) is 47.8 Å². The van der Waals surface area contributed by atoms with E-state index in [0.717, 1.165) is 17.5 Å². The predicted octanol–water partition coefficient (Wildman–Crippen LogP) is 1.78. The Balaban J connectivity index is 2.46. The van der Waals surface area contributed by atoms with Crippen LogP contribution in [-0.4, -0.2) is 21.1 Å². The number of carbonyl (C=O) groups excluding carboxylic acids is 1. The van der Waals surface area contributed by atoms with Crippen LogP contribution >= 0.6 is 0 Å².